The second-order valence-electron chi connectivity index (χ2n) is 6.04. The van der Waals surface area contributed by atoms with E-state index >= 15 is 0 Å². The van der Waals surface area contributed by atoms with Gasteiger partial charge in [-0.2, -0.15) is 0 Å². The van der Waals surface area contributed by atoms with Gasteiger partial charge in [0.2, 0.25) is 0 Å². The van der Waals surface area contributed by atoms with Crippen molar-refractivity contribution < 1.29 is 4.79 Å². The van der Waals surface area contributed by atoms with Crippen molar-refractivity contribution in [3.63, 3.8) is 0 Å². The lowest BCUT2D eigenvalue weighted by Crippen LogP contribution is -2.41. The molecule has 1 aromatic rings. The van der Waals surface area contributed by atoms with Gasteiger partial charge in [-0.1, -0.05) is 11.6 Å². The standard InChI is InChI=1S/C17H27N3O/c1-5-18-16-9-6-12(2)10-15(16)17(21)19-11-13(3)20(4)14-7-8-14/h6,9-10,13-14,18H,5,7-8,11H2,1-4H3,(H,19,21). The van der Waals surface area contributed by atoms with Gasteiger partial charge < -0.3 is 10.6 Å². The van der Waals surface area contributed by atoms with E-state index in [0.717, 1.165) is 23.4 Å². The van der Waals surface area contributed by atoms with Crippen molar-refractivity contribution in [2.45, 2.75) is 45.7 Å². The van der Waals surface area contributed by atoms with Crippen LogP contribution < -0.4 is 10.6 Å². The number of aryl methyl sites for hydroxylation is 1. The summed E-state index contributed by atoms with van der Waals surface area (Å²) in [5, 5.41) is 6.32. The number of anilines is 1. The van der Waals surface area contributed by atoms with E-state index in [1.165, 1.54) is 12.8 Å². The van der Waals surface area contributed by atoms with Crippen LogP contribution in [-0.4, -0.2) is 43.0 Å². The van der Waals surface area contributed by atoms with E-state index < -0.39 is 0 Å². The molecule has 0 spiro atoms. The molecule has 4 nitrogen and oxygen atoms in total. The van der Waals surface area contributed by atoms with Crippen molar-refractivity contribution >= 4 is 11.6 Å². The summed E-state index contributed by atoms with van der Waals surface area (Å²) in [4.78, 5) is 14.8. The molecule has 0 heterocycles. The van der Waals surface area contributed by atoms with E-state index in [4.69, 9.17) is 0 Å². The molecule has 1 fully saturated rings. The van der Waals surface area contributed by atoms with E-state index in [1.807, 2.05) is 32.0 Å². The van der Waals surface area contributed by atoms with Crippen LogP contribution in [0.2, 0.25) is 0 Å². The third-order valence-electron chi connectivity index (χ3n) is 4.16. The molecule has 1 aliphatic rings. The highest BCUT2D eigenvalue weighted by Gasteiger charge is 2.29. The number of hydrogen-bond donors (Lipinski definition) is 2. The fourth-order valence-electron chi connectivity index (χ4n) is 2.51. The second-order valence-corrected chi connectivity index (χ2v) is 6.04. The molecule has 2 N–H and O–H groups in total. The molecule has 0 saturated heterocycles. The van der Waals surface area contributed by atoms with E-state index in [-0.39, 0.29) is 5.91 Å². The summed E-state index contributed by atoms with van der Waals surface area (Å²) in [6.45, 7) is 7.71. The van der Waals surface area contributed by atoms with Crippen LogP contribution in [0.1, 0.15) is 42.6 Å². The van der Waals surface area contributed by atoms with Crippen LogP contribution in [-0.2, 0) is 0 Å². The van der Waals surface area contributed by atoms with Gasteiger partial charge in [0.15, 0.2) is 0 Å². The SMILES string of the molecule is CCNc1ccc(C)cc1C(=O)NCC(C)N(C)C1CC1. The summed E-state index contributed by atoms with van der Waals surface area (Å²) < 4.78 is 0. The summed E-state index contributed by atoms with van der Waals surface area (Å²) in [6, 6.07) is 7.04. The molecule has 4 heteroatoms. The Balaban J connectivity index is 1.97. The smallest absolute Gasteiger partial charge is 0.253 e. The van der Waals surface area contributed by atoms with Gasteiger partial charge >= 0.3 is 0 Å². The monoisotopic (exact) mass is 289 g/mol. The number of rotatable bonds is 7. The number of carbonyl (C=O) groups is 1. The highest BCUT2D eigenvalue weighted by atomic mass is 16.1. The normalized spacial score (nSPS) is 15.9. The lowest BCUT2D eigenvalue weighted by molar-refractivity contribution is 0.0940. The maximum Gasteiger partial charge on any atom is 0.253 e. The molecule has 0 aliphatic heterocycles. The first-order chi connectivity index (χ1) is 10.0. The highest BCUT2D eigenvalue weighted by molar-refractivity contribution is 5.99. The first-order valence-corrected chi connectivity index (χ1v) is 7.87. The third kappa shape index (κ3) is 4.21. The van der Waals surface area contributed by atoms with Crippen molar-refractivity contribution in [2.24, 2.45) is 0 Å². The molecule has 1 unspecified atom stereocenters. The Kier molecular flexibility index (Phi) is 5.23. The highest BCUT2D eigenvalue weighted by Crippen LogP contribution is 2.26. The zero-order chi connectivity index (χ0) is 15.4. The molecule has 0 aromatic heterocycles. The zero-order valence-electron chi connectivity index (χ0n) is 13.6. The topological polar surface area (TPSA) is 44.4 Å². The summed E-state index contributed by atoms with van der Waals surface area (Å²) >= 11 is 0. The molecule has 21 heavy (non-hydrogen) atoms. The molecule has 116 valence electrons. The van der Waals surface area contributed by atoms with Gasteiger partial charge in [-0.25, -0.2) is 0 Å². The predicted molar refractivity (Wildman–Crippen MR) is 87.9 cm³/mol. The third-order valence-corrected chi connectivity index (χ3v) is 4.16. The van der Waals surface area contributed by atoms with Gasteiger partial charge in [0, 0.05) is 30.9 Å². The first-order valence-electron chi connectivity index (χ1n) is 7.87. The molecule has 2 rings (SSSR count). The van der Waals surface area contributed by atoms with Crippen LogP contribution in [0.4, 0.5) is 5.69 Å². The fraction of sp³-hybridized carbons (Fsp3) is 0.588. The van der Waals surface area contributed by atoms with Crippen LogP contribution >= 0.6 is 0 Å². The molecular formula is C17H27N3O. The minimum Gasteiger partial charge on any atom is -0.385 e. The summed E-state index contributed by atoms with van der Waals surface area (Å²) in [6.07, 6.45) is 2.58. The number of amides is 1. The van der Waals surface area contributed by atoms with Crippen molar-refractivity contribution in [3.8, 4) is 0 Å². The molecular weight excluding hydrogens is 262 g/mol. The minimum atomic E-state index is 0.00527. The van der Waals surface area contributed by atoms with Gasteiger partial charge in [-0.3, -0.25) is 9.69 Å². The lowest BCUT2D eigenvalue weighted by Gasteiger charge is -2.24. The Hall–Kier alpha value is -1.55. The van der Waals surface area contributed by atoms with Crippen molar-refractivity contribution in [1.82, 2.24) is 10.2 Å². The number of benzene rings is 1. The Bertz CT molecular complexity index is 497. The van der Waals surface area contributed by atoms with E-state index in [9.17, 15) is 4.79 Å². The van der Waals surface area contributed by atoms with Crippen molar-refractivity contribution in [2.75, 3.05) is 25.5 Å². The summed E-state index contributed by atoms with van der Waals surface area (Å²) in [5.74, 6) is 0.00527. The fourth-order valence-corrected chi connectivity index (χ4v) is 2.51. The van der Waals surface area contributed by atoms with Crippen LogP contribution in [0, 0.1) is 6.92 Å². The van der Waals surface area contributed by atoms with E-state index in [2.05, 4.69) is 29.5 Å². The second kappa shape index (κ2) is 6.94. The van der Waals surface area contributed by atoms with Gasteiger partial charge in [-0.15, -0.1) is 0 Å². The van der Waals surface area contributed by atoms with Crippen LogP contribution in [0.25, 0.3) is 0 Å². The van der Waals surface area contributed by atoms with E-state index in [1.54, 1.807) is 0 Å². The Morgan fingerprint density at radius 3 is 2.76 bits per heavy atom. The number of carbonyl (C=O) groups excluding carboxylic acids is 1. The number of hydrogen-bond acceptors (Lipinski definition) is 3. The maximum atomic E-state index is 12.4. The molecule has 1 amide bonds. The van der Waals surface area contributed by atoms with E-state index in [0.29, 0.717) is 18.6 Å². The number of nitrogens with zero attached hydrogens (tertiary/aromatic N) is 1. The Labute approximate surface area is 127 Å². The van der Waals surface area contributed by atoms with Gasteiger partial charge in [-0.05, 0) is 52.8 Å². The van der Waals surface area contributed by atoms with Crippen LogP contribution in [0.15, 0.2) is 18.2 Å². The van der Waals surface area contributed by atoms with Gasteiger partial charge in [0.25, 0.3) is 5.91 Å². The first kappa shape index (κ1) is 15.8. The van der Waals surface area contributed by atoms with Crippen LogP contribution in [0.3, 0.4) is 0 Å². The van der Waals surface area contributed by atoms with Gasteiger partial charge in [0.1, 0.15) is 0 Å². The van der Waals surface area contributed by atoms with Crippen LogP contribution in [0.5, 0.6) is 0 Å². The zero-order valence-corrected chi connectivity index (χ0v) is 13.6. The molecule has 0 bridgehead atoms. The Morgan fingerprint density at radius 1 is 1.43 bits per heavy atom. The Morgan fingerprint density at radius 2 is 2.14 bits per heavy atom. The predicted octanol–water partition coefficient (Wildman–Crippen LogP) is 2.64. The van der Waals surface area contributed by atoms with Gasteiger partial charge in [0.05, 0.1) is 5.56 Å². The molecule has 0 radical (unpaired) electrons. The quantitative estimate of drug-likeness (QED) is 0.811. The molecule has 1 aliphatic carbocycles. The molecule has 1 saturated carbocycles. The maximum absolute atomic E-state index is 12.4. The van der Waals surface area contributed by atoms with Crippen molar-refractivity contribution in [1.29, 1.82) is 0 Å². The average Bonchev–Trinajstić information content (AvgIpc) is 3.30. The molecule has 1 aromatic carbocycles. The van der Waals surface area contributed by atoms with Crippen molar-refractivity contribution in [3.05, 3.63) is 29.3 Å². The number of likely N-dealkylation sites (N-methyl/N-ethyl adjacent to an activating group) is 1. The summed E-state index contributed by atoms with van der Waals surface area (Å²) in [7, 11) is 2.14. The average molecular weight is 289 g/mol. The number of nitrogens with one attached hydrogen (secondary N) is 2. The lowest BCUT2D eigenvalue weighted by atomic mass is 10.1. The largest absolute Gasteiger partial charge is 0.385 e. The summed E-state index contributed by atoms with van der Waals surface area (Å²) in [5.41, 5.74) is 2.74. The minimum absolute atomic E-state index is 0.00527. The molecule has 1 atom stereocenters.